The van der Waals surface area contributed by atoms with Gasteiger partial charge >= 0.3 is 10.2 Å². The third-order valence-corrected chi connectivity index (χ3v) is 15.0. The smallest absolute Gasteiger partial charge is 0.303 e. The van der Waals surface area contributed by atoms with Crippen LogP contribution >= 0.6 is 22.9 Å². The zero-order valence-electron chi connectivity index (χ0n) is 35.5. The minimum Gasteiger partial charge on any atom is -0.496 e. The molecule has 1 saturated carbocycles. The van der Waals surface area contributed by atoms with Gasteiger partial charge in [0.1, 0.15) is 45.9 Å². The van der Waals surface area contributed by atoms with Gasteiger partial charge in [-0.25, -0.2) is 14.7 Å². The summed E-state index contributed by atoms with van der Waals surface area (Å²) in [5.41, 5.74) is 2.24. The molecule has 4 aliphatic rings. The number of aromatic nitrogens is 2. The average Bonchev–Trinajstić information content (AvgIpc) is 3.75. The molecule has 8 rings (SSSR count). The number of benzene rings is 2. The zero-order chi connectivity index (χ0) is 43.8. The summed E-state index contributed by atoms with van der Waals surface area (Å²) in [5, 5.41) is 10.4. The van der Waals surface area contributed by atoms with Gasteiger partial charge in [0.25, 0.3) is 5.91 Å². The van der Waals surface area contributed by atoms with E-state index in [1.165, 1.54) is 15.6 Å². The maximum absolute atomic E-state index is 14.9. The average molecular weight is 905 g/mol. The number of carbonyl (C=O) groups excluding carboxylic acids is 3. The predicted octanol–water partition coefficient (Wildman–Crippen LogP) is 7.13. The van der Waals surface area contributed by atoms with Crippen LogP contribution in [0.15, 0.2) is 60.0 Å². The Kier molecular flexibility index (Phi) is 12.8. The first-order valence-electron chi connectivity index (χ1n) is 21.5. The summed E-state index contributed by atoms with van der Waals surface area (Å²) >= 11 is 7.86. The van der Waals surface area contributed by atoms with Crippen molar-refractivity contribution in [3.63, 3.8) is 0 Å². The number of pyridine rings is 1. The van der Waals surface area contributed by atoms with Crippen molar-refractivity contribution in [2.75, 3.05) is 32.1 Å². The third-order valence-electron chi connectivity index (χ3n) is 12.4. The molecule has 3 fully saturated rings. The summed E-state index contributed by atoms with van der Waals surface area (Å²) in [4.78, 5) is 55.3. The Hall–Kier alpha value is -4.77. The van der Waals surface area contributed by atoms with Crippen LogP contribution in [0.25, 0.3) is 21.6 Å². The number of hydrogen-bond donors (Lipinski definition) is 3. The van der Waals surface area contributed by atoms with E-state index in [1.54, 1.807) is 24.1 Å². The normalized spacial score (nSPS) is 25.4. The number of hydrogen-bond acceptors (Lipinski definition) is 11. The Labute approximate surface area is 372 Å². The van der Waals surface area contributed by atoms with E-state index in [0.29, 0.717) is 65.8 Å². The molecule has 2 aromatic heterocycles. The molecule has 3 amide bonds. The van der Waals surface area contributed by atoms with Gasteiger partial charge in [-0.1, -0.05) is 56.5 Å². The van der Waals surface area contributed by atoms with E-state index in [-0.39, 0.29) is 31.2 Å². The lowest BCUT2D eigenvalue weighted by Crippen LogP contribution is -2.58. The third kappa shape index (κ3) is 9.15. The molecule has 5 atom stereocenters. The molecule has 0 spiro atoms. The topological polar surface area (TPSA) is 172 Å². The van der Waals surface area contributed by atoms with Gasteiger partial charge in [-0.05, 0) is 81.7 Å². The Balaban J connectivity index is 1.15. The Morgan fingerprint density at radius 2 is 1.85 bits per heavy atom. The molecule has 2 saturated heterocycles. The standard InChI is InChI=1S/C45H54ClN7O7S2/c1-27(2)36-26-61-42(49-36)35-23-39(33-17-18-38(59-4)28(3)40(33)48-35)60-32-22-37-41(54)50-45(44(56)51-62(57,58)52-19-10-11-20-52)24-29(45)13-8-6-5-7-9-16-34(43(55)53(37)25-32)47-31-15-12-14-30(46)21-31/h8,12-15,17-18,21,23,26-27,29,32,34,37,47H,5-7,9-11,16,19-20,22,24-25H2,1-4H3,(H,50,54)(H,51,56)/b13-8-/t29-,32+,34-,37-,45+/m0/s1. The minimum absolute atomic E-state index is 0.0690. The van der Waals surface area contributed by atoms with Crippen molar-refractivity contribution in [2.45, 2.75) is 108 Å². The number of anilines is 1. The summed E-state index contributed by atoms with van der Waals surface area (Å²) in [6.07, 6.45) is 8.68. The molecule has 14 nitrogen and oxygen atoms in total. The molecule has 62 heavy (non-hydrogen) atoms. The van der Waals surface area contributed by atoms with Gasteiger partial charge < -0.3 is 25.0 Å². The van der Waals surface area contributed by atoms with Crippen molar-refractivity contribution < 1.29 is 32.3 Å². The van der Waals surface area contributed by atoms with Gasteiger partial charge in [0, 0.05) is 58.5 Å². The van der Waals surface area contributed by atoms with Crippen molar-refractivity contribution in [1.29, 1.82) is 0 Å². The molecule has 1 aliphatic carbocycles. The van der Waals surface area contributed by atoms with E-state index in [2.05, 4.69) is 29.2 Å². The minimum atomic E-state index is -4.13. The molecule has 5 heterocycles. The second kappa shape index (κ2) is 18.1. The first kappa shape index (κ1) is 43.9. The summed E-state index contributed by atoms with van der Waals surface area (Å²) in [6, 6.07) is 11.0. The number of ether oxygens (including phenoxy) is 2. The SMILES string of the molecule is COc1ccc2c(O[C@@H]3C[C@H]4C(=O)N[C@]5(C(=O)NS(=O)(=O)N6CCCC6)C[C@@H]5/C=C\CCCCC[C@H](Nc5cccc(Cl)c5)C(=O)N4C3)cc(-c3nc(C(C)C)cs3)nc2c1C. The summed E-state index contributed by atoms with van der Waals surface area (Å²) in [6.45, 7) is 6.82. The van der Waals surface area contributed by atoms with E-state index < -0.39 is 51.7 Å². The van der Waals surface area contributed by atoms with Crippen LogP contribution < -0.4 is 24.8 Å². The number of thiazole rings is 1. The molecule has 0 unspecified atom stereocenters. The van der Waals surface area contributed by atoms with Crippen LogP contribution in [-0.2, 0) is 24.6 Å². The highest BCUT2D eigenvalue weighted by atomic mass is 35.5. The summed E-state index contributed by atoms with van der Waals surface area (Å²) in [7, 11) is -2.51. The molecule has 17 heteroatoms. The quantitative estimate of drug-likeness (QED) is 0.139. The lowest BCUT2D eigenvalue weighted by Gasteiger charge is -2.30. The van der Waals surface area contributed by atoms with E-state index in [4.69, 9.17) is 31.0 Å². The van der Waals surface area contributed by atoms with Crippen LogP contribution in [0.3, 0.4) is 0 Å². The van der Waals surface area contributed by atoms with Crippen LogP contribution in [0, 0.1) is 12.8 Å². The first-order chi connectivity index (χ1) is 29.8. The molecule has 4 aromatic rings. The van der Waals surface area contributed by atoms with Crippen LogP contribution in [0.1, 0.15) is 88.8 Å². The molecular formula is C45H54ClN7O7S2. The van der Waals surface area contributed by atoms with Crippen LogP contribution in [0.5, 0.6) is 11.5 Å². The number of carbonyl (C=O) groups is 3. The second-order valence-electron chi connectivity index (χ2n) is 17.1. The molecule has 3 N–H and O–H groups in total. The number of halogens is 1. The summed E-state index contributed by atoms with van der Waals surface area (Å²) in [5.74, 6) is -0.658. The van der Waals surface area contributed by atoms with Gasteiger partial charge in [0.15, 0.2) is 0 Å². The van der Waals surface area contributed by atoms with Crippen molar-refractivity contribution in [3.05, 3.63) is 76.3 Å². The van der Waals surface area contributed by atoms with E-state index >= 15 is 0 Å². The van der Waals surface area contributed by atoms with Gasteiger partial charge in [0.05, 0.1) is 24.9 Å². The number of rotatable bonds is 10. The highest BCUT2D eigenvalue weighted by molar-refractivity contribution is 7.87. The molecule has 2 aromatic carbocycles. The highest BCUT2D eigenvalue weighted by Gasteiger charge is 2.62. The van der Waals surface area contributed by atoms with Crippen molar-refractivity contribution in [2.24, 2.45) is 5.92 Å². The van der Waals surface area contributed by atoms with Crippen molar-refractivity contribution >= 4 is 67.5 Å². The number of nitrogens with one attached hydrogen (secondary N) is 3. The Morgan fingerprint density at radius 1 is 1.05 bits per heavy atom. The maximum atomic E-state index is 14.9. The highest BCUT2D eigenvalue weighted by Crippen LogP contribution is 2.46. The fraction of sp³-hybridized carbons (Fsp3) is 0.489. The van der Waals surface area contributed by atoms with E-state index in [1.807, 2.05) is 54.8 Å². The number of amides is 3. The van der Waals surface area contributed by atoms with Gasteiger partial charge in [0.2, 0.25) is 11.8 Å². The number of methoxy groups -OCH3 is 1. The zero-order valence-corrected chi connectivity index (χ0v) is 37.9. The van der Waals surface area contributed by atoms with Gasteiger partial charge in [-0.15, -0.1) is 11.3 Å². The monoisotopic (exact) mass is 903 g/mol. The van der Waals surface area contributed by atoms with Crippen LogP contribution in [0.2, 0.25) is 5.02 Å². The molecule has 0 bridgehead atoms. The predicted molar refractivity (Wildman–Crippen MR) is 241 cm³/mol. The molecular weight excluding hydrogens is 850 g/mol. The Morgan fingerprint density at radius 3 is 2.60 bits per heavy atom. The molecule has 330 valence electrons. The van der Waals surface area contributed by atoms with Crippen LogP contribution in [-0.4, -0.2) is 95.8 Å². The van der Waals surface area contributed by atoms with Crippen LogP contribution in [0.4, 0.5) is 5.69 Å². The van der Waals surface area contributed by atoms with Gasteiger partial charge in [-0.2, -0.15) is 12.7 Å². The largest absolute Gasteiger partial charge is 0.496 e. The fourth-order valence-corrected chi connectivity index (χ4v) is 11.2. The van der Waals surface area contributed by atoms with Crippen molar-refractivity contribution in [3.8, 4) is 22.2 Å². The lowest BCUT2D eigenvalue weighted by atomic mass is 10.0. The van der Waals surface area contributed by atoms with Gasteiger partial charge in [-0.3, -0.25) is 14.4 Å². The fourth-order valence-electron chi connectivity index (χ4n) is 8.80. The number of aryl methyl sites for hydroxylation is 1. The maximum Gasteiger partial charge on any atom is 0.303 e. The second-order valence-corrected chi connectivity index (χ2v) is 20.1. The number of nitrogens with zero attached hydrogens (tertiary/aromatic N) is 4. The van der Waals surface area contributed by atoms with Crippen molar-refractivity contribution in [1.82, 2.24) is 29.2 Å². The summed E-state index contributed by atoms with van der Waals surface area (Å²) < 4.78 is 42.8. The van der Waals surface area contributed by atoms with E-state index in [0.717, 1.165) is 47.3 Å². The lowest BCUT2D eigenvalue weighted by molar-refractivity contribution is -0.140. The number of fused-ring (bicyclic) bond motifs is 3. The Bertz CT molecular complexity index is 2490. The molecule has 3 aliphatic heterocycles. The molecule has 0 radical (unpaired) electrons. The van der Waals surface area contributed by atoms with E-state index in [9.17, 15) is 22.8 Å². The first-order valence-corrected chi connectivity index (χ1v) is 24.2. The number of allylic oxidation sites excluding steroid dienone is 1.